The van der Waals surface area contributed by atoms with Crippen LogP contribution in [-0.2, 0) is 4.79 Å². The molecule has 0 aliphatic carbocycles. The largest absolute Gasteiger partial charge is 0.311 e. The third kappa shape index (κ3) is 8.37. The first-order chi connectivity index (χ1) is 8.17. The van der Waals surface area contributed by atoms with Crippen molar-refractivity contribution in [1.29, 1.82) is 0 Å². The molecule has 0 spiro atoms. The second-order valence-electron chi connectivity index (χ2n) is 5.25. The van der Waals surface area contributed by atoms with E-state index >= 15 is 0 Å². The standard InChI is InChI=1S/C15H31NO/c1-5-8-14(7-3)12-13(4)16-15(9-6-2)10-11-17/h11,13-16H,5-10,12H2,1-4H3. The molecule has 0 amide bonds. The summed E-state index contributed by atoms with van der Waals surface area (Å²) in [5.41, 5.74) is 0. The number of carbonyl (C=O) groups is 1. The van der Waals surface area contributed by atoms with Crippen LogP contribution in [0, 0.1) is 5.92 Å². The first-order valence-corrected chi connectivity index (χ1v) is 7.37. The zero-order valence-corrected chi connectivity index (χ0v) is 12.2. The molecule has 0 aromatic carbocycles. The topological polar surface area (TPSA) is 29.1 Å². The van der Waals surface area contributed by atoms with Crippen LogP contribution in [0.3, 0.4) is 0 Å². The van der Waals surface area contributed by atoms with Gasteiger partial charge in [-0.05, 0) is 25.7 Å². The minimum Gasteiger partial charge on any atom is -0.311 e. The smallest absolute Gasteiger partial charge is 0.121 e. The van der Waals surface area contributed by atoms with Crippen LogP contribution >= 0.6 is 0 Å². The monoisotopic (exact) mass is 241 g/mol. The van der Waals surface area contributed by atoms with Crippen LogP contribution < -0.4 is 5.32 Å². The second kappa shape index (κ2) is 10.8. The van der Waals surface area contributed by atoms with E-state index in [1.54, 1.807) is 0 Å². The predicted octanol–water partition coefficient (Wildman–Crippen LogP) is 3.94. The molecule has 0 aromatic heterocycles. The summed E-state index contributed by atoms with van der Waals surface area (Å²) < 4.78 is 0. The van der Waals surface area contributed by atoms with E-state index in [-0.39, 0.29) is 0 Å². The van der Waals surface area contributed by atoms with Crippen LogP contribution in [0.15, 0.2) is 0 Å². The van der Waals surface area contributed by atoms with Crippen molar-refractivity contribution in [3.8, 4) is 0 Å². The molecule has 2 nitrogen and oxygen atoms in total. The molecular formula is C15H31NO. The molecule has 102 valence electrons. The summed E-state index contributed by atoms with van der Waals surface area (Å²) >= 11 is 0. The zero-order chi connectivity index (χ0) is 13.1. The van der Waals surface area contributed by atoms with Gasteiger partial charge in [-0.1, -0.05) is 46.5 Å². The molecular weight excluding hydrogens is 210 g/mol. The van der Waals surface area contributed by atoms with Gasteiger partial charge in [-0.15, -0.1) is 0 Å². The van der Waals surface area contributed by atoms with E-state index in [9.17, 15) is 4.79 Å². The minimum absolute atomic E-state index is 0.381. The van der Waals surface area contributed by atoms with Crippen LogP contribution in [-0.4, -0.2) is 18.4 Å². The molecule has 17 heavy (non-hydrogen) atoms. The fourth-order valence-corrected chi connectivity index (χ4v) is 2.60. The molecule has 2 heteroatoms. The molecule has 0 bridgehead atoms. The highest BCUT2D eigenvalue weighted by atomic mass is 16.1. The summed E-state index contributed by atoms with van der Waals surface area (Å²) in [5, 5.41) is 3.61. The van der Waals surface area contributed by atoms with E-state index < -0.39 is 0 Å². The number of aldehydes is 1. The molecule has 3 unspecified atom stereocenters. The summed E-state index contributed by atoms with van der Waals surface area (Å²) in [6.07, 6.45) is 9.06. The molecule has 0 aromatic rings. The summed E-state index contributed by atoms with van der Waals surface area (Å²) in [7, 11) is 0. The summed E-state index contributed by atoms with van der Waals surface area (Å²) in [5.74, 6) is 0.834. The van der Waals surface area contributed by atoms with E-state index in [4.69, 9.17) is 0 Å². The van der Waals surface area contributed by atoms with Crippen molar-refractivity contribution >= 4 is 6.29 Å². The van der Waals surface area contributed by atoms with Gasteiger partial charge in [0.1, 0.15) is 6.29 Å². The Kier molecular flexibility index (Phi) is 10.5. The highest BCUT2D eigenvalue weighted by Gasteiger charge is 2.14. The molecule has 1 N–H and O–H groups in total. The molecule has 0 saturated heterocycles. The molecule has 3 atom stereocenters. The molecule has 0 fully saturated rings. The van der Waals surface area contributed by atoms with Gasteiger partial charge < -0.3 is 10.1 Å². The van der Waals surface area contributed by atoms with E-state index in [0.717, 1.165) is 25.0 Å². The lowest BCUT2D eigenvalue weighted by atomic mass is 9.93. The lowest BCUT2D eigenvalue weighted by Gasteiger charge is -2.25. The van der Waals surface area contributed by atoms with Crippen molar-refractivity contribution in [2.24, 2.45) is 5.92 Å². The average Bonchev–Trinajstić information content (AvgIpc) is 2.29. The van der Waals surface area contributed by atoms with Crippen molar-refractivity contribution in [1.82, 2.24) is 5.32 Å². The maximum Gasteiger partial charge on any atom is 0.121 e. The van der Waals surface area contributed by atoms with Crippen molar-refractivity contribution in [2.45, 2.75) is 84.7 Å². The van der Waals surface area contributed by atoms with E-state index in [1.807, 2.05) is 0 Å². The van der Waals surface area contributed by atoms with Gasteiger partial charge in [-0.25, -0.2) is 0 Å². The Balaban J connectivity index is 4.01. The van der Waals surface area contributed by atoms with Crippen LogP contribution in [0.4, 0.5) is 0 Å². The number of hydrogen-bond acceptors (Lipinski definition) is 2. The highest BCUT2D eigenvalue weighted by Crippen LogP contribution is 2.17. The molecule has 0 saturated carbocycles. The van der Waals surface area contributed by atoms with Gasteiger partial charge in [-0.3, -0.25) is 0 Å². The van der Waals surface area contributed by atoms with Gasteiger partial charge in [0.25, 0.3) is 0 Å². The van der Waals surface area contributed by atoms with E-state index in [2.05, 4.69) is 33.0 Å². The maximum atomic E-state index is 10.6. The zero-order valence-electron chi connectivity index (χ0n) is 12.2. The Morgan fingerprint density at radius 2 is 1.76 bits per heavy atom. The molecule has 0 aliphatic rings. The third-order valence-electron chi connectivity index (χ3n) is 3.50. The second-order valence-corrected chi connectivity index (χ2v) is 5.25. The molecule has 0 radical (unpaired) electrons. The van der Waals surface area contributed by atoms with E-state index in [1.165, 1.54) is 25.7 Å². The van der Waals surface area contributed by atoms with Gasteiger partial charge in [0.15, 0.2) is 0 Å². The highest BCUT2D eigenvalue weighted by molar-refractivity contribution is 5.50. The van der Waals surface area contributed by atoms with Crippen molar-refractivity contribution in [3.63, 3.8) is 0 Å². The molecule has 0 aliphatic heterocycles. The van der Waals surface area contributed by atoms with Crippen LogP contribution in [0.2, 0.25) is 0 Å². The summed E-state index contributed by atoms with van der Waals surface area (Å²) in [6, 6.07) is 0.912. The lowest BCUT2D eigenvalue weighted by Crippen LogP contribution is -2.37. The first kappa shape index (κ1) is 16.6. The average molecular weight is 241 g/mol. The quantitative estimate of drug-likeness (QED) is 0.555. The fourth-order valence-electron chi connectivity index (χ4n) is 2.60. The summed E-state index contributed by atoms with van der Waals surface area (Å²) in [6.45, 7) is 8.97. The number of rotatable bonds is 11. The predicted molar refractivity (Wildman–Crippen MR) is 75.3 cm³/mol. The Bertz CT molecular complexity index is 182. The number of hydrogen-bond donors (Lipinski definition) is 1. The van der Waals surface area contributed by atoms with Gasteiger partial charge >= 0.3 is 0 Å². The van der Waals surface area contributed by atoms with Crippen LogP contribution in [0.5, 0.6) is 0 Å². The van der Waals surface area contributed by atoms with Gasteiger partial charge in [0.2, 0.25) is 0 Å². The first-order valence-electron chi connectivity index (χ1n) is 7.37. The number of nitrogens with one attached hydrogen (secondary N) is 1. The van der Waals surface area contributed by atoms with Crippen molar-refractivity contribution in [2.75, 3.05) is 0 Å². The summed E-state index contributed by atoms with van der Waals surface area (Å²) in [4.78, 5) is 10.6. The molecule has 0 rings (SSSR count). The normalized spacial score (nSPS) is 16.5. The maximum absolute atomic E-state index is 10.6. The lowest BCUT2D eigenvalue weighted by molar-refractivity contribution is -0.108. The van der Waals surface area contributed by atoms with Crippen molar-refractivity contribution < 1.29 is 4.79 Å². The molecule has 0 heterocycles. The van der Waals surface area contributed by atoms with Crippen LogP contribution in [0.1, 0.15) is 72.6 Å². The van der Waals surface area contributed by atoms with Gasteiger partial charge in [0, 0.05) is 18.5 Å². The number of carbonyl (C=O) groups excluding carboxylic acids is 1. The Morgan fingerprint density at radius 1 is 1.12 bits per heavy atom. The Hall–Kier alpha value is -0.370. The van der Waals surface area contributed by atoms with Crippen LogP contribution in [0.25, 0.3) is 0 Å². The Labute approximate surface area is 108 Å². The van der Waals surface area contributed by atoms with E-state index in [0.29, 0.717) is 18.5 Å². The third-order valence-corrected chi connectivity index (χ3v) is 3.50. The fraction of sp³-hybridized carbons (Fsp3) is 0.933. The SMILES string of the molecule is CCCC(CC)CC(C)NC(CC=O)CCC. The Morgan fingerprint density at radius 3 is 2.24 bits per heavy atom. The van der Waals surface area contributed by atoms with Gasteiger partial charge in [0.05, 0.1) is 0 Å². The van der Waals surface area contributed by atoms with Gasteiger partial charge in [-0.2, -0.15) is 0 Å². The minimum atomic E-state index is 0.381. The van der Waals surface area contributed by atoms with Crippen molar-refractivity contribution in [3.05, 3.63) is 0 Å².